The Bertz CT molecular complexity index is 566. The van der Waals surface area contributed by atoms with Crippen LogP contribution in [0.2, 0.25) is 0 Å². The van der Waals surface area contributed by atoms with Crippen LogP contribution in [0.1, 0.15) is 31.9 Å². The first-order valence-electron chi connectivity index (χ1n) is 6.53. The lowest BCUT2D eigenvalue weighted by Crippen LogP contribution is -2.11. The third kappa shape index (κ3) is 2.92. The highest BCUT2D eigenvalue weighted by Gasteiger charge is 2.14. The van der Waals surface area contributed by atoms with Crippen LogP contribution in [0.5, 0.6) is 0 Å². The molecule has 0 atom stereocenters. The summed E-state index contributed by atoms with van der Waals surface area (Å²) in [6.07, 6.45) is 3.72. The van der Waals surface area contributed by atoms with E-state index in [9.17, 15) is 0 Å². The molecule has 19 heavy (non-hydrogen) atoms. The number of aryl methyl sites for hydroxylation is 1. The van der Waals surface area contributed by atoms with Gasteiger partial charge in [-0.1, -0.05) is 39.0 Å². The number of benzene rings is 1. The lowest BCUT2D eigenvalue weighted by molar-refractivity contribution is 0.590. The van der Waals surface area contributed by atoms with Crippen molar-refractivity contribution in [1.82, 2.24) is 9.97 Å². The summed E-state index contributed by atoms with van der Waals surface area (Å²) in [6, 6.07) is 6.60. The molecule has 3 heteroatoms. The molecule has 2 rings (SSSR count). The maximum atomic E-state index is 4.26. The second kappa shape index (κ2) is 5.00. The van der Waals surface area contributed by atoms with Gasteiger partial charge >= 0.3 is 0 Å². The Labute approximate surface area is 115 Å². The van der Waals surface area contributed by atoms with E-state index in [-0.39, 0.29) is 5.41 Å². The first-order chi connectivity index (χ1) is 8.91. The van der Waals surface area contributed by atoms with Crippen molar-refractivity contribution in [2.24, 2.45) is 0 Å². The number of aromatic nitrogens is 2. The van der Waals surface area contributed by atoms with E-state index in [1.54, 1.807) is 0 Å². The minimum absolute atomic E-state index is 0.176. The van der Waals surface area contributed by atoms with Gasteiger partial charge in [-0.3, -0.25) is 0 Å². The summed E-state index contributed by atoms with van der Waals surface area (Å²) in [5, 5.41) is 2.93. The summed E-state index contributed by atoms with van der Waals surface area (Å²) in [5.41, 5.74) is 5.03. The molecule has 0 aliphatic heterocycles. The molecule has 0 aliphatic rings. The maximum absolute atomic E-state index is 4.26. The Morgan fingerprint density at radius 3 is 2.16 bits per heavy atom. The first kappa shape index (κ1) is 13.5. The first-order valence-corrected chi connectivity index (χ1v) is 6.53. The Kier molecular flexibility index (Phi) is 3.56. The van der Waals surface area contributed by atoms with Crippen LogP contribution in [-0.2, 0) is 5.41 Å². The van der Waals surface area contributed by atoms with Crippen LogP contribution in [-0.4, -0.2) is 17.0 Å². The zero-order valence-electron chi connectivity index (χ0n) is 12.3. The van der Waals surface area contributed by atoms with Gasteiger partial charge < -0.3 is 5.32 Å². The highest BCUT2D eigenvalue weighted by Crippen LogP contribution is 2.28. The summed E-state index contributed by atoms with van der Waals surface area (Å²) >= 11 is 0. The second-order valence-corrected chi connectivity index (χ2v) is 5.83. The number of nitrogens with zero attached hydrogens (tertiary/aromatic N) is 2. The largest absolute Gasteiger partial charge is 0.357 e. The van der Waals surface area contributed by atoms with Crippen molar-refractivity contribution in [2.45, 2.75) is 33.1 Å². The van der Waals surface area contributed by atoms with Gasteiger partial charge in [0, 0.05) is 25.0 Å². The minimum Gasteiger partial charge on any atom is -0.357 e. The van der Waals surface area contributed by atoms with Gasteiger partial charge in [0.15, 0.2) is 0 Å². The van der Waals surface area contributed by atoms with Crippen LogP contribution in [0.4, 0.5) is 5.95 Å². The lowest BCUT2D eigenvalue weighted by atomic mass is 9.85. The van der Waals surface area contributed by atoms with Crippen LogP contribution >= 0.6 is 0 Å². The van der Waals surface area contributed by atoms with E-state index >= 15 is 0 Å². The molecule has 0 bridgehead atoms. The van der Waals surface area contributed by atoms with E-state index in [2.05, 4.69) is 61.2 Å². The van der Waals surface area contributed by atoms with Crippen LogP contribution in [0.15, 0.2) is 30.6 Å². The number of rotatable bonds is 2. The minimum atomic E-state index is 0.176. The monoisotopic (exact) mass is 255 g/mol. The molecular formula is C16H21N3. The van der Waals surface area contributed by atoms with E-state index < -0.39 is 0 Å². The van der Waals surface area contributed by atoms with Gasteiger partial charge in [-0.2, -0.15) is 0 Å². The number of anilines is 1. The average Bonchev–Trinajstić information content (AvgIpc) is 2.38. The van der Waals surface area contributed by atoms with Gasteiger partial charge in [0.2, 0.25) is 5.95 Å². The second-order valence-electron chi connectivity index (χ2n) is 5.83. The maximum Gasteiger partial charge on any atom is 0.222 e. The van der Waals surface area contributed by atoms with Crippen molar-refractivity contribution in [3.8, 4) is 11.1 Å². The van der Waals surface area contributed by atoms with Crippen molar-refractivity contribution in [3.05, 3.63) is 41.7 Å². The van der Waals surface area contributed by atoms with Gasteiger partial charge in [0.25, 0.3) is 0 Å². The Morgan fingerprint density at radius 1 is 1.05 bits per heavy atom. The molecule has 0 unspecified atom stereocenters. The van der Waals surface area contributed by atoms with Gasteiger partial charge in [-0.15, -0.1) is 0 Å². The van der Waals surface area contributed by atoms with E-state index in [0.717, 1.165) is 5.56 Å². The van der Waals surface area contributed by atoms with Crippen LogP contribution < -0.4 is 5.32 Å². The highest BCUT2D eigenvalue weighted by atomic mass is 15.1. The average molecular weight is 255 g/mol. The molecule has 0 fully saturated rings. The summed E-state index contributed by atoms with van der Waals surface area (Å²) in [5.74, 6) is 0.646. The predicted molar refractivity (Wildman–Crippen MR) is 80.5 cm³/mol. The van der Waals surface area contributed by atoms with Crippen molar-refractivity contribution < 1.29 is 0 Å². The van der Waals surface area contributed by atoms with Gasteiger partial charge in [-0.05, 0) is 29.0 Å². The van der Waals surface area contributed by atoms with Gasteiger partial charge in [0.05, 0.1) is 0 Å². The summed E-state index contributed by atoms with van der Waals surface area (Å²) in [4.78, 5) is 8.53. The zero-order chi connectivity index (χ0) is 14.0. The van der Waals surface area contributed by atoms with Crippen molar-refractivity contribution in [2.75, 3.05) is 12.4 Å². The SMILES string of the molecule is CNc1ncc(-c2ccc(C(C)(C)C)cc2C)cn1. The molecular weight excluding hydrogens is 234 g/mol. The Hall–Kier alpha value is -1.90. The Morgan fingerprint density at radius 2 is 1.68 bits per heavy atom. The molecule has 1 aromatic carbocycles. The lowest BCUT2D eigenvalue weighted by Gasteiger charge is -2.20. The third-order valence-corrected chi connectivity index (χ3v) is 3.28. The van der Waals surface area contributed by atoms with Crippen molar-refractivity contribution in [1.29, 1.82) is 0 Å². The molecule has 1 aromatic heterocycles. The summed E-state index contributed by atoms with van der Waals surface area (Å²) < 4.78 is 0. The molecule has 0 spiro atoms. The molecule has 100 valence electrons. The topological polar surface area (TPSA) is 37.8 Å². The van der Waals surface area contributed by atoms with Crippen LogP contribution in [0.25, 0.3) is 11.1 Å². The quantitative estimate of drug-likeness (QED) is 0.887. The highest BCUT2D eigenvalue weighted by molar-refractivity contribution is 5.66. The van der Waals surface area contributed by atoms with Crippen molar-refractivity contribution in [3.63, 3.8) is 0 Å². The number of nitrogens with one attached hydrogen (secondary N) is 1. The normalized spacial score (nSPS) is 11.4. The standard InChI is InChI=1S/C16H21N3/c1-11-8-13(16(2,3)4)6-7-14(11)12-9-18-15(17-5)19-10-12/h6-10H,1-5H3,(H,17,18,19). The summed E-state index contributed by atoms with van der Waals surface area (Å²) in [7, 11) is 1.82. The molecule has 2 aromatic rings. The molecule has 0 saturated carbocycles. The van der Waals surface area contributed by atoms with E-state index in [4.69, 9.17) is 0 Å². The predicted octanol–water partition coefficient (Wildman–Crippen LogP) is 3.79. The molecule has 0 aliphatic carbocycles. The summed E-state index contributed by atoms with van der Waals surface area (Å²) in [6.45, 7) is 8.82. The van der Waals surface area contributed by atoms with Gasteiger partial charge in [-0.25, -0.2) is 9.97 Å². The fraction of sp³-hybridized carbons (Fsp3) is 0.375. The molecule has 1 heterocycles. The number of hydrogen-bond donors (Lipinski definition) is 1. The third-order valence-electron chi connectivity index (χ3n) is 3.28. The fourth-order valence-electron chi connectivity index (χ4n) is 2.05. The van der Waals surface area contributed by atoms with E-state index in [1.807, 2.05) is 19.4 Å². The van der Waals surface area contributed by atoms with Crippen LogP contribution in [0, 0.1) is 6.92 Å². The molecule has 3 nitrogen and oxygen atoms in total. The molecule has 0 radical (unpaired) electrons. The van der Waals surface area contributed by atoms with E-state index in [0.29, 0.717) is 5.95 Å². The smallest absolute Gasteiger partial charge is 0.222 e. The number of hydrogen-bond acceptors (Lipinski definition) is 3. The molecule has 0 saturated heterocycles. The van der Waals surface area contributed by atoms with Crippen molar-refractivity contribution >= 4 is 5.95 Å². The molecule has 0 amide bonds. The molecule has 1 N–H and O–H groups in total. The Balaban J connectivity index is 2.40. The van der Waals surface area contributed by atoms with Crippen LogP contribution in [0.3, 0.4) is 0 Å². The zero-order valence-corrected chi connectivity index (χ0v) is 12.3. The fourth-order valence-corrected chi connectivity index (χ4v) is 2.05. The van der Waals surface area contributed by atoms with E-state index in [1.165, 1.54) is 16.7 Å². The van der Waals surface area contributed by atoms with Gasteiger partial charge in [0.1, 0.15) is 0 Å².